The fourth-order valence-corrected chi connectivity index (χ4v) is 4.85. The molecular formula is C22H29N3O2. The van der Waals surface area contributed by atoms with Gasteiger partial charge in [-0.15, -0.1) is 0 Å². The third-order valence-electron chi connectivity index (χ3n) is 6.07. The normalized spacial score (nSPS) is 22.2. The Morgan fingerprint density at radius 1 is 1.22 bits per heavy atom. The van der Waals surface area contributed by atoms with E-state index < -0.39 is 0 Å². The molecule has 1 unspecified atom stereocenters. The Morgan fingerprint density at radius 3 is 2.93 bits per heavy atom. The second-order valence-corrected chi connectivity index (χ2v) is 7.96. The van der Waals surface area contributed by atoms with Gasteiger partial charge in [-0.3, -0.25) is 4.90 Å². The number of aryl methyl sites for hydroxylation is 2. The molecule has 1 spiro atoms. The smallest absolute Gasteiger partial charge is 0.125 e. The zero-order valence-electron chi connectivity index (χ0n) is 16.6. The summed E-state index contributed by atoms with van der Waals surface area (Å²) in [4.78, 5) is 11.9. The molecule has 0 bridgehead atoms. The second kappa shape index (κ2) is 7.56. The van der Waals surface area contributed by atoms with E-state index >= 15 is 0 Å². The molecular weight excluding hydrogens is 338 g/mol. The molecule has 0 amide bonds. The van der Waals surface area contributed by atoms with E-state index in [2.05, 4.69) is 28.1 Å². The summed E-state index contributed by atoms with van der Waals surface area (Å²) in [5, 5.41) is 0. The highest BCUT2D eigenvalue weighted by Crippen LogP contribution is 2.44. The quantitative estimate of drug-likeness (QED) is 0.810. The summed E-state index contributed by atoms with van der Waals surface area (Å²) in [6.45, 7) is 5.77. The average molecular weight is 367 g/mol. The lowest BCUT2D eigenvalue weighted by Crippen LogP contribution is -2.45. The number of aromatic nitrogens is 2. The number of benzene rings is 1. The van der Waals surface area contributed by atoms with Crippen molar-refractivity contribution in [3.05, 3.63) is 52.6 Å². The van der Waals surface area contributed by atoms with E-state index in [9.17, 15) is 0 Å². The van der Waals surface area contributed by atoms with Crippen molar-refractivity contribution < 1.29 is 9.47 Å². The van der Waals surface area contributed by atoms with E-state index in [1.165, 1.54) is 36.1 Å². The van der Waals surface area contributed by atoms with Gasteiger partial charge in [0, 0.05) is 37.4 Å². The third kappa shape index (κ3) is 3.58. The number of ether oxygens (including phenoxy) is 2. The summed E-state index contributed by atoms with van der Waals surface area (Å²) in [7, 11) is 3.44. The molecule has 1 aliphatic heterocycles. The highest BCUT2D eigenvalue weighted by atomic mass is 16.5. The summed E-state index contributed by atoms with van der Waals surface area (Å²) in [6.07, 6.45) is 6.83. The molecule has 4 rings (SSSR count). The van der Waals surface area contributed by atoms with Gasteiger partial charge in [0.2, 0.25) is 0 Å². The van der Waals surface area contributed by atoms with E-state index in [0.717, 1.165) is 43.2 Å². The number of nitrogens with zero attached hydrogens (tertiary/aromatic N) is 3. The Labute approximate surface area is 161 Å². The van der Waals surface area contributed by atoms with Crippen LogP contribution in [0.15, 0.2) is 24.4 Å². The predicted octanol–water partition coefficient (Wildman–Crippen LogP) is 3.42. The summed E-state index contributed by atoms with van der Waals surface area (Å²) < 4.78 is 10.8. The van der Waals surface area contributed by atoms with Crippen molar-refractivity contribution in [1.82, 2.24) is 14.9 Å². The van der Waals surface area contributed by atoms with E-state index in [-0.39, 0.29) is 5.41 Å². The van der Waals surface area contributed by atoms with Crippen molar-refractivity contribution in [2.45, 2.75) is 51.2 Å². The third-order valence-corrected chi connectivity index (χ3v) is 6.07. The lowest BCUT2D eigenvalue weighted by atomic mass is 9.77. The van der Waals surface area contributed by atoms with Gasteiger partial charge in [-0.25, -0.2) is 9.97 Å². The number of piperidine rings is 1. The molecule has 0 saturated carbocycles. The minimum atomic E-state index is 0.211. The Morgan fingerprint density at radius 2 is 2.11 bits per heavy atom. The van der Waals surface area contributed by atoms with Gasteiger partial charge >= 0.3 is 0 Å². The molecule has 1 saturated heterocycles. The summed E-state index contributed by atoms with van der Waals surface area (Å²) >= 11 is 0. The van der Waals surface area contributed by atoms with Gasteiger partial charge in [0.05, 0.1) is 19.4 Å². The molecule has 1 aliphatic carbocycles. The molecule has 0 radical (unpaired) electrons. The molecule has 2 aromatic rings. The van der Waals surface area contributed by atoms with Crippen molar-refractivity contribution >= 4 is 0 Å². The highest BCUT2D eigenvalue weighted by molar-refractivity contribution is 5.37. The predicted molar refractivity (Wildman–Crippen MR) is 105 cm³/mol. The molecule has 5 heteroatoms. The van der Waals surface area contributed by atoms with Gasteiger partial charge in [0.1, 0.15) is 11.6 Å². The van der Waals surface area contributed by atoms with Gasteiger partial charge in [-0.1, -0.05) is 6.07 Å². The van der Waals surface area contributed by atoms with Crippen LogP contribution in [0.4, 0.5) is 0 Å². The maximum Gasteiger partial charge on any atom is 0.125 e. The molecule has 5 nitrogen and oxygen atoms in total. The van der Waals surface area contributed by atoms with E-state index in [4.69, 9.17) is 14.5 Å². The zero-order valence-corrected chi connectivity index (χ0v) is 16.6. The van der Waals surface area contributed by atoms with Crippen LogP contribution >= 0.6 is 0 Å². The highest BCUT2D eigenvalue weighted by Gasteiger charge is 2.43. The monoisotopic (exact) mass is 367 g/mol. The number of likely N-dealkylation sites (tertiary alicyclic amines) is 1. The standard InChI is InChI=1S/C22H29N3O2/c1-16-23-12-18-7-9-22(21(18)24-16)8-4-10-25(15-22)13-17-5-6-20(27-3)19(11-17)14-26-2/h5-6,11-12H,4,7-10,13-15H2,1-3H3. The van der Waals surface area contributed by atoms with Crippen molar-refractivity contribution in [2.75, 3.05) is 27.3 Å². The summed E-state index contributed by atoms with van der Waals surface area (Å²) in [5.74, 6) is 1.79. The maximum absolute atomic E-state index is 5.46. The molecule has 1 aromatic carbocycles. The first-order valence-corrected chi connectivity index (χ1v) is 9.84. The minimum absolute atomic E-state index is 0.211. The molecule has 2 aliphatic rings. The van der Waals surface area contributed by atoms with Crippen LogP contribution in [0.5, 0.6) is 5.75 Å². The van der Waals surface area contributed by atoms with Crippen LogP contribution in [0.3, 0.4) is 0 Å². The van der Waals surface area contributed by atoms with E-state index in [1.807, 2.05) is 13.1 Å². The minimum Gasteiger partial charge on any atom is -0.496 e. The number of hydrogen-bond acceptors (Lipinski definition) is 5. The molecule has 0 N–H and O–H groups in total. The number of hydrogen-bond donors (Lipinski definition) is 0. The van der Waals surface area contributed by atoms with Crippen LogP contribution in [-0.4, -0.2) is 42.2 Å². The molecule has 144 valence electrons. The van der Waals surface area contributed by atoms with Gasteiger partial charge < -0.3 is 9.47 Å². The van der Waals surface area contributed by atoms with Gasteiger partial charge in [-0.05, 0) is 62.4 Å². The molecule has 1 atom stereocenters. The lowest BCUT2D eigenvalue weighted by Gasteiger charge is -2.40. The largest absolute Gasteiger partial charge is 0.496 e. The molecule has 2 heterocycles. The average Bonchev–Trinajstić information content (AvgIpc) is 3.00. The van der Waals surface area contributed by atoms with Gasteiger partial charge in [-0.2, -0.15) is 0 Å². The van der Waals surface area contributed by atoms with E-state index in [1.54, 1.807) is 14.2 Å². The Bertz CT molecular complexity index is 819. The van der Waals surface area contributed by atoms with Crippen LogP contribution in [0, 0.1) is 6.92 Å². The van der Waals surface area contributed by atoms with Crippen LogP contribution in [0.2, 0.25) is 0 Å². The Hall–Kier alpha value is -1.98. The second-order valence-electron chi connectivity index (χ2n) is 7.96. The van der Waals surface area contributed by atoms with Crippen LogP contribution in [0.25, 0.3) is 0 Å². The Kier molecular flexibility index (Phi) is 5.15. The summed E-state index contributed by atoms with van der Waals surface area (Å²) in [5.41, 5.74) is 5.31. The topological polar surface area (TPSA) is 47.5 Å². The number of fused-ring (bicyclic) bond motifs is 2. The zero-order chi connectivity index (χ0) is 18.9. The van der Waals surface area contributed by atoms with Crippen molar-refractivity contribution in [3.63, 3.8) is 0 Å². The molecule has 1 fully saturated rings. The van der Waals surface area contributed by atoms with Crippen LogP contribution < -0.4 is 4.74 Å². The first kappa shape index (κ1) is 18.4. The fraction of sp³-hybridized carbons (Fsp3) is 0.545. The van der Waals surface area contributed by atoms with Crippen LogP contribution in [0.1, 0.15) is 47.5 Å². The first-order chi connectivity index (χ1) is 13.1. The SMILES string of the molecule is COCc1cc(CN2CCCC3(CCc4cnc(C)nc43)C2)ccc1OC. The van der Waals surface area contributed by atoms with Crippen molar-refractivity contribution in [1.29, 1.82) is 0 Å². The maximum atomic E-state index is 5.46. The molecule has 27 heavy (non-hydrogen) atoms. The Balaban J connectivity index is 1.54. The van der Waals surface area contributed by atoms with Crippen molar-refractivity contribution in [2.24, 2.45) is 0 Å². The first-order valence-electron chi connectivity index (χ1n) is 9.84. The van der Waals surface area contributed by atoms with Gasteiger partial charge in [0.25, 0.3) is 0 Å². The number of rotatable bonds is 5. The van der Waals surface area contributed by atoms with Crippen molar-refractivity contribution in [3.8, 4) is 5.75 Å². The van der Waals surface area contributed by atoms with E-state index in [0.29, 0.717) is 6.61 Å². The van der Waals surface area contributed by atoms with Crippen LogP contribution in [-0.2, 0) is 29.7 Å². The summed E-state index contributed by atoms with van der Waals surface area (Å²) in [6, 6.07) is 6.46. The lowest BCUT2D eigenvalue weighted by molar-refractivity contribution is 0.136. The molecule has 1 aromatic heterocycles. The number of methoxy groups -OCH3 is 2. The fourth-order valence-electron chi connectivity index (χ4n) is 4.85. The van der Waals surface area contributed by atoms with Gasteiger partial charge in [0.15, 0.2) is 0 Å².